The first-order valence-electron chi connectivity index (χ1n) is 7.68. The van der Waals surface area contributed by atoms with Crippen molar-refractivity contribution >= 4 is 23.9 Å². The fourth-order valence-corrected chi connectivity index (χ4v) is 1.69. The van der Waals surface area contributed by atoms with E-state index in [0.717, 1.165) is 12.5 Å². The molecule has 0 unspecified atom stereocenters. The van der Waals surface area contributed by atoms with Crippen molar-refractivity contribution in [2.75, 3.05) is 26.8 Å². The number of rotatable bonds is 9. The lowest BCUT2D eigenvalue weighted by molar-refractivity contribution is -0.143. The van der Waals surface area contributed by atoms with E-state index in [1.807, 2.05) is 6.92 Å². The van der Waals surface area contributed by atoms with Crippen LogP contribution in [0.5, 0.6) is 5.75 Å². The summed E-state index contributed by atoms with van der Waals surface area (Å²) in [5, 5.41) is 4.92. The summed E-state index contributed by atoms with van der Waals surface area (Å²) in [6.45, 7) is 1.74. The van der Waals surface area contributed by atoms with Crippen molar-refractivity contribution in [1.82, 2.24) is 10.6 Å². The topological polar surface area (TPSA) is 93.7 Å². The number of nitrogens with one attached hydrogen (secondary N) is 2. The molecule has 7 nitrogen and oxygen atoms in total. The molecule has 0 radical (unpaired) electrons. The Labute approximate surface area is 145 Å². The van der Waals surface area contributed by atoms with Crippen LogP contribution in [0.4, 0.5) is 4.39 Å². The molecule has 1 aromatic rings. The number of benzene rings is 1. The Kier molecular flexibility index (Phi) is 8.70. The minimum atomic E-state index is -0.762. The van der Waals surface area contributed by atoms with Gasteiger partial charge in [0, 0.05) is 12.6 Å². The summed E-state index contributed by atoms with van der Waals surface area (Å²) >= 11 is 0. The molecule has 0 aliphatic rings. The zero-order chi connectivity index (χ0) is 18.7. The number of ether oxygens (including phenoxy) is 2. The van der Waals surface area contributed by atoms with E-state index in [1.165, 1.54) is 25.3 Å². The molecule has 8 heteroatoms. The minimum Gasteiger partial charge on any atom is -0.494 e. The third-order valence-corrected chi connectivity index (χ3v) is 2.95. The molecule has 0 spiro atoms. The fourth-order valence-electron chi connectivity index (χ4n) is 1.69. The monoisotopic (exact) mass is 352 g/mol. The minimum absolute atomic E-state index is 0.0966. The van der Waals surface area contributed by atoms with Crippen molar-refractivity contribution < 1.29 is 28.2 Å². The molecule has 0 fully saturated rings. The van der Waals surface area contributed by atoms with Gasteiger partial charge in [-0.15, -0.1) is 0 Å². The number of esters is 1. The van der Waals surface area contributed by atoms with E-state index in [0.29, 0.717) is 12.1 Å². The van der Waals surface area contributed by atoms with E-state index in [4.69, 9.17) is 9.47 Å². The zero-order valence-corrected chi connectivity index (χ0v) is 14.1. The Bertz CT molecular complexity index is 646. The van der Waals surface area contributed by atoms with Gasteiger partial charge in [0.15, 0.2) is 18.2 Å². The van der Waals surface area contributed by atoms with Crippen LogP contribution in [0.3, 0.4) is 0 Å². The van der Waals surface area contributed by atoms with Gasteiger partial charge in [0.1, 0.15) is 0 Å². The van der Waals surface area contributed by atoms with Crippen molar-refractivity contribution in [3.8, 4) is 5.75 Å². The van der Waals surface area contributed by atoms with Crippen LogP contribution in [-0.4, -0.2) is 44.6 Å². The largest absolute Gasteiger partial charge is 0.494 e. The van der Waals surface area contributed by atoms with E-state index in [2.05, 4.69) is 10.6 Å². The highest BCUT2D eigenvalue weighted by Gasteiger charge is 2.07. The van der Waals surface area contributed by atoms with Gasteiger partial charge in [-0.1, -0.05) is 13.0 Å². The lowest BCUT2D eigenvalue weighted by Gasteiger charge is -2.06. The number of hydrogen-bond donors (Lipinski definition) is 2. The van der Waals surface area contributed by atoms with Crippen molar-refractivity contribution in [2.24, 2.45) is 0 Å². The summed E-state index contributed by atoms with van der Waals surface area (Å²) in [6, 6.07) is 4.19. The Morgan fingerprint density at radius 3 is 2.60 bits per heavy atom. The molecule has 0 saturated carbocycles. The van der Waals surface area contributed by atoms with Crippen LogP contribution in [0.2, 0.25) is 0 Å². The first-order valence-corrected chi connectivity index (χ1v) is 7.68. The smallest absolute Gasteiger partial charge is 0.331 e. The highest BCUT2D eigenvalue weighted by molar-refractivity contribution is 5.90. The average molecular weight is 352 g/mol. The van der Waals surface area contributed by atoms with Crippen molar-refractivity contribution in [3.05, 3.63) is 35.7 Å². The normalized spacial score (nSPS) is 10.4. The van der Waals surface area contributed by atoms with Gasteiger partial charge in [0.2, 0.25) is 5.91 Å². The van der Waals surface area contributed by atoms with Crippen LogP contribution in [0.15, 0.2) is 24.3 Å². The van der Waals surface area contributed by atoms with Gasteiger partial charge in [-0.05, 0) is 30.2 Å². The summed E-state index contributed by atoms with van der Waals surface area (Å²) in [5.41, 5.74) is 0.437. The van der Waals surface area contributed by atoms with Crippen LogP contribution >= 0.6 is 0 Å². The summed E-state index contributed by atoms with van der Waals surface area (Å²) in [4.78, 5) is 34.3. The van der Waals surface area contributed by atoms with E-state index in [1.54, 1.807) is 6.07 Å². The number of carbonyl (C=O) groups excluding carboxylic acids is 3. The summed E-state index contributed by atoms with van der Waals surface area (Å²) in [5.74, 6) is -2.13. The molecule has 1 rings (SSSR count). The average Bonchev–Trinajstić information content (AvgIpc) is 2.61. The molecule has 0 saturated heterocycles. The van der Waals surface area contributed by atoms with E-state index >= 15 is 0 Å². The van der Waals surface area contributed by atoms with Crippen LogP contribution in [0.25, 0.3) is 6.08 Å². The maximum atomic E-state index is 13.5. The molecule has 0 aliphatic heterocycles. The van der Waals surface area contributed by atoms with Crippen LogP contribution < -0.4 is 15.4 Å². The van der Waals surface area contributed by atoms with Crippen molar-refractivity contribution in [1.29, 1.82) is 0 Å². The van der Waals surface area contributed by atoms with Gasteiger partial charge in [-0.25, -0.2) is 9.18 Å². The summed E-state index contributed by atoms with van der Waals surface area (Å²) in [6.07, 6.45) is 3.21. The van der Waals surface area contributed by atoms with E-state index in [9.17, 15) is 18.8 Å². The van der Waals surface area contributed by atoms with Gasteiger partial charge in [0.25, 0.3) is 5.91 Å². The number of carbonyl (C=O) groups is 3. The fraction of sp³-hybridized carbons (Fsp3) is 0.353. The standard InChI is InChI=1S/C17H21FN2O5/c1-3-8-19-15(21)10-20-16(22)11-25-17(23)7-5-12-4-6-14(24-2)13(18)9-12/h4-7,9H,3,8,10-11H2,1-2H3,(H,19,21)(H,20,22)/b7-5+. The highest BCUT2D eigenvalue weighted by atomic mass is 19.1. The molecule has 1 aromatic carbocycles. The second-order valence-corrected chi connectivity index (χ2v) is 4.96. The predicted octanol–water partition coefficient (Wildman–Crippen LogP) is 1.03. The molecular weight excluding hydrogens is 331 g/mol. The Balaban J connectivity index is 2.35. The van der Waals surface area contributed by atoms with Crippen molar-refractivity contribution in [2.45, 2.75) is 13.3 Å². The highest BCUT2D eigenvalue weighted by Crippen LogP contribution is 2.18. The van der Waals surface area contributed by atoms with Crippen LogP contribution in [-0.2, 0) is 19.1 Å². The first-order chi connectivity index (χ1) is 12.0. The Morgan fingerprint density at radius 2 is 1.96 bits per heavy atom. The third-order valence-electron chi connectivity index (χ3n) is 2.95. The molecule has 0 aliphatic carbocycles. The maximum absolute atomic E-state index is 13.5. The molecular formula is C17H21FN2O5. The van der Waals surface area contributed by atoms with Gasteiger partial charge < -0.3 is 20.1 Å². The number of amides is 2. The van der Waals surface area contributed by atoms with Crippen LogP contribution in [0.1, 0.15) is 18.9 Å². The Hall–Kier alpha value is -2.90. The molecule has 25 heavy (non-hydrogen) atoms. The molecule has 0 heterocycles. The number of halogens is 1. The maximum Gasteiger partial charge on any atom is 0.331 e. The molecule has 2 amide bonds. The predicted molar refractivity (Wildman–Crippen MR) is 89.3 cm³/mol. The second-order valence-electron chi connectivity index (χ2n) is 4.96. The van der Waals surface area contributed by atoms with Gasteiger partial charge in [-0.3, -0.25) is 9.59 Å². The number of methoxy groups -OCH3 is 1. The summed E-state index contributed by atoms with van der Waals surface area (Å²) in [7, 11) is 1.35. The van der Waals surface area contributed by atoms with Crippen molar-refractivity contribution in [3.63, 3.8) is 0 Å². The molecule has 0 atom stereocenters. The molecule has 0 bridgehead atoms. The number of hydrogen-bond acceptors (Lipinski definition) is 5. The lowest BCUT2D eigenvalue weighted by Crippen LogP contribution is -2.38. The van der Waals surface area contributed by atoms with Gasteiger partial charge in [0.05, 0.1) is 13.7 Å². The van der Waals surface area contributed by atoms with E-state index < -0.39 is 24.3 Å². The third kappa shape index (κ3) is 7.96. The Morgan fingerprint density at radius 1 is 1.20 bits per heavy atom. The molecule has 0 aromatic heterocycles. The van der Waals surface area contributed by atoms with Gasteiger partial charge >= 0.3 is 5.97 Å². The summed E-state index contributed by atoms with van der Waals surface area (Å²) < 4.78 is 23.0. The van der Waals surface area contributed by atoms with E-state index in [-0.39, 0.29) is 18.2 Å². The quantitative estimate of drug-likeness (QED) is 0.511. The van der Waals surface area contributed by atoms with Crippen LogP contribution in [0, 0.1) is 5.82 Å². The second kappa shape index (κ2) is 10.8. The lowest BCUT2D eigenvalue weighted by atomic mass is 10.2. The van der Waals surface area contributed by atoms with Gasteiger partial charge in [-0.2, -0.15) is 0 Å². The first kappa shape index (κ1) is 20.1. The molecule has 2 N–H and O–H groups in total. The zero-order valence-electron chi connectivity index (χ0n) is 14.1. The SMILES string of the molecule is CCCNC(=O)CNC(=O)COC(=O)/C=C/c1ccc(OC)c(F)c1. The molecule has 136 valence electrons.